The lowest BCUT2D eigenvalue weighted by atomic mass is 10.1. The van der Waals surface area contributed by atoms with Crippen molar-refractivity contribution in [1.82, 2.24) is 4.90 Å². The Morgan fingerprint density at radius 3 is 2.17 bits per heavy atom. The van der Waals surface area contributed by atoms with Gasteiger partial charge in [0.25, 0.3) is 5.91 Å². The monoisotopic (exact) mass is 491 g/mol. The maximum Gasteiger partial charge on any atom is 0.253 e. The number of carbonyl (C=O) groups is 1. The topological polar surface area (TPSA) is 60.9 Å². The third-order valence-electron chi connectivity index (χ3n) is 6.70. The minimum absolute atomic E-state index is 0.0100. The third-order valence-corrected chi connectivity index (χ3v) is 7.84. The number of piperazine rings is 1. The average molecular weight is 492 g/mol. The highest BCUT2D eigenvalue weighted by Gasteiger charge is 2.24. The zero-order chi connectivity index (χ0) is 25.2. The van der Waals surface area contributed by atoms with Crippen LogP contribution in [0, 0.1) is 20.8 Å². The Balaban J connectivity index is 1.42. The number of amides is 1. The maximum absolute atomic E-state index is 13.1. The third kappa shape index (κ3) is 5.68. The van der Waals surface area contributed by atoms with Gasteiger partial charge in [0.05, 0.1) is 18.5 Å². The quantitative estimate of drug-likeness (QED) is 0.508. The number of hydrogen-bond acceptors (Lipinski definition) is 4. The molecule has 1 heterocycles. The second kappa shape index (κ2) is 10.1. The van der Waals surface area contributed by atoms with Gasteiger partial charge in [0.15, 0.2) is 0 Å². The fourth-order valence-corrected chi connectivity index (χ4v) is 5.39. The summed E-state index contributed by atoms with van der Waals surface area (Å²) in [5.74, 6) is 0.0100. The Morgan fingerprint density at radius 2 is 1.54 bits per heavy atom. The van der Waals surface area contributed by atoms with Crippen LogP contribution < -0.4 is 9.21 Å². The highest BCUT2D eigenvalue weighted by molar-refractivity contribution is 7.92. The highest BCUT2D eigenvalue weighted by Crippen LogP contribution is 2.25. The van der Waals surface area contributed by atoms with Crippen LogP contribution in [0.15, 0.2) is 66.7 Å². The smallest absolute Gasteiger partial charge is 0.253 e. The molecule has 7 heteroatoms. The first kappa shape index (κ1) is 24.8. The fourth-order valence-electron chi connectivity index (χ4n) is 4.51. The molecule has 3 aromatic rings. The van der Waals surface area contributed by atoms with Gasteiger partial charge in [-0.3, -0.25) is 9.10 Å². The molecule has 1 saturated heterocycles. The summed E-state index contributed by atoms with van der Waals surface area (Å²) < 4.78 is 26.3. The van der Waals surface area contributed by atoms with Gasteiger partial charge in [-0.25, -0.2) is 8.42 Å². The summed E-state index contributed by atoms with van der Waals surface area (Å²) in [7, 11) is -3.46. The highest BCUT2D eigenvalue weighted by atomic mass is 32.2. The average Bonchev–Trinajstić information content (AvgIpc) is 2.83. The number of hydrogen-bond donors (Lipinski definition) is 0. The Kier molecular flexibility index (Phi) is 7.17. The van der Waals surface area contributed by atoms with E-state index >= 15 is 0 Å². The molecule has 0 spiro atoms. The van der Waals surface area contributed by atoms with E-state index in [4.69, 9.17) is 0 Å². The molecule has 0 bridgehead atoms. The number of aryl methyl sites for hydroxylation is 2. The van der Waals surface area contributed by atoms with E-state index < -0.39 is 10.0 Å². The van der Waals surface area contributed by atoms with E-state index in [0.29, 0.717) is 24.3 Å². The Morgan fingerprint density at radius 1 is 0.886 bits per heavy atom. The predicted octanol–water partition coefficient (Wildman–Crippen LogP) is 4.54. The van der Waals surface area contributed by atoms with E-state index in [1.54, 1.807) is 18.2 Å². The molecule has 1 aliphatic rings. The molecule has 0 saturated carbocycles. The van der Waals surface area contributed by atoms with E-state index in [1.165, 1.54) is 27.4 Å². The van der Waals surface area contributed by atoms with Crippen molar-refractivity contribution in [3.05, 3.63) is 94.5 Å². The van der Waals surface area contributed by atoms with Crippen LogP contribution >= 0.6 is 0 Å². The van der Waals surface area contributed by atoms with Gasteiger partial charge in [0.1, 0.15) is 0 Å². The molecule has 6 nitrogen and oxygen atoms in total. The van der Waals surface area contributed by atoms with Crippen LogP contribution in [-0.4, -0.2) is 51.7 Å². The molecule has 0 N–H and O–H groups in total. The van der Waals surface area contributed by atoms with Gasteiger partial charge >= 0.3 is 0 Å². The molecule has 184 valence electrons. The summed E-state index contributed by atoms with van der Waals surface area (Å²) in [6.07, 6.45) is 1.21. The van der Waals surface area contributed by atoms with E-state index in [0.717, 1.165) is 24.2 Å². The van der Waals surface area contributed by atoms with E-state index in [9.17, 15) is 13.2 Å². The molecule has 0 aromatic heterocycles. The Bertz CT molecular complexity index is 1310. The van der Waals surface area contributed by atoms with Gasteiger partial charge in [-0.1, -0.05) is 36.4 Å². The van der Waals surface area contributed by atoms with Crippen molar-refractivity contribution in [3.63, 3.8) is 0 Å². The second-order valence-electron chi connectivity index (χ2n) is 9.30. The van der Waals surface area contributed by atoms with Gasteiger partial charge < -0.3 is 9.80 Å². The largest absolute Gasteiger partial charge is 0.368 e. The molecule has 0 radical (unpaired) electrons. The Hall–Kier alpha value is -3.32. The molecule has 1 fully saturated rings. The van der Waals surface area contributed by atoms with Crippen molar-refractivity contribution >= 4 is 27.3 Å². The first-order valence-corrected chi connectivity index (χ1v) is 13.7. The molecule has 1 aliphatic heterocycles. The summed E-state index contributed by atoms with van der Waals surface area (Å²) in [5, 5.41) is 0. The normalized spacial score (nSPS) is 14.2. The summed E-state index contributed by atoms with van der Waals surface area (Å²) in [5.41, 5.74) is 6.88. The first-order valence-electron chi connectivity index (χ1n) is 11.9. The van der Waals surface area contributed by atoms with Crippen molar-refractivity contribution in [2.45, 2.75) is 27.3 Å². The second-order valence-corrected chi connectivity index (χ2v) is 11.2. The van der Waals surface area contributed by atoms with Crippen molar-refractivity contribution in [2.24, 2.45) is 0 Å². The number of rotatable bonds is 6. The van der Waals surface area contributed by atoms with Crippen LogP contribution in [0.3, 0.4) is 0 Å². The number of benzene rings is 3. The Labute approximate surface area is 208 Å². The van der Waals surface area contributed by atoms with Crippen molar-refractivity contribution in [2.75, 3.05) is 41.6 Å². The first-order chi connectivity index (χ1) is 16.6. The number of carbonyl (C=O) groups excluding carboxylic acids is 1. The molecular formula is C28H33N3O3S. The standard InChI is InChI=1S/C28H33N3O3S/c1-21-7-5-9-26(19-21)31(35(4,33)34)20-24-11-13-25(14-12-24)28(32)30-17-15-29(16-18-30)27-10-6-8-22(2)23(27)3/h5-14,19H,15-18,20H2,1-4H3. The lowest BCUT2D eigenvalue weighted by molar-refractivity contribution is 0.0746. The van der Waals surface area contributed by atoms with Crippen LogP contribution in [0.25, 0.3) is 0 Å². The van der Waals surface area contributed by atoms with Gasteiger partial charge in [0, 0.05) is 37.4 Å². The molecule has 0 atom stereocenters. The van der Waals surface area contributed by atoms with Crippen LogP contribution in [0.4, 0.5) is 11.4 Å². The SMILES string of the molecule is Cc1cccc(N(Cc2ccc(C(=O)N3CCN(c4cccc(C)c4C)CC3)cc2)S(C)(=O)=O)c1. The molecule has 35 heavy (non-hydrogen) atoms. The molecular weight excluding hydrogens is 458 g/mol. The lowest BCUT2D eigenvalue weighted by Crippen LogP contribution is -2.49. The van der Waals surface area contributed by atoms with E-state index in [1.807, 2.05) is 42.2 Å². The van der Waals surface area contributed by atoms with E-state index in [-0.39, 0.29) is 12.5 Å². The molecule has 4 rings (SSSR count). The summed E-state index contributed by atoms with van der Waals surface area (Å²) >= 11 is 0. The van der Waals surface area contributed by atoms with Gasteiger partial charge in [-0.05, 0) is 73.4 Å². The van der Waals surface area contributed by atoms with Gasteiger partial charge in [-0.2, -0.15) is 0 Å². The molecule has 0 unspecified atom stereocenters. The summed E-state index contributed by atoms with van der Waals surface area (Å²) in [6.45, 7) is 9.36. The minimum Gasteiger partial charge on any atom is -0.368 e. The summed E-state index contributed by atoms with van der Waals surface area (Å²) in [4.78, 5) is 17.4. The van der Waals surface area contributed by atoms with Crippen LogP contribution in [0.2, 0.25) is 0 Å². The van der Waals surface area contributed by atoms with E-state index in [2.05, 4.69) is 36.9 Å². The van der Waals surface area contributed by atoms with Crippen molar-refractivity contribution in [3.8, 4) is 0 Å². The van der Waals surface area contributed by atoms with Gasteiger partial charge in [-0.15, -0.1) is 0 Å². The molecule has 3 aromatic carbocycles. The predicted molar refractivity (Wildman–Crippen MR) is 143 cm³/mol. The minimum atomic E-state index is -3.46. The van der Waals surface area contributed by atoms with Crippen LogP contribution in [-0.2, 0) is 16.6 Å². The van der Waals surface area contributed by atoms with Crippen LogP contribution in [0.1, 0.15) is 32.6 Å². The molecule has 1 amide bonds. The van der Waals surface area contributed by atoms with Crippen molar-refractivity contribution < 1.29 is 13.2 Å². The number of nitrogens with zero attached hydrogens (tertiary/aromatic N) is 3. The van der Waals surface area contributed by atoms with Gasteiger partial charge in [0.2, 0.25) is 10.0 Å². The fraction of sp³-hybridized carbons (Fsp3) is 0.321. The number of sulfonamides is 1. The number of anilines is 2. The zero-order valence-electron chi connectivity index (χ0n) is 20.9. The maximum atomic E-state index is 13.1. The molecule has 0 aliphatic carbocycles. The summed E-state index contributed by atoms with van der Waals surface area (Å²) in [6, 6.07) is 21.1. The van der Waals surface area contributed by atoms with Crippen molar-refractivity contribution in [1.29, 1.82) is 0 Å². The van der Waals surface area contributed by atoms with Crippen LogP contribution in [0.5, 0.6) is 0 Å². The lowest BCUT2D eigenvalue weighted by Gasteiger charge is -2.37. The zero-order valence-corrected chi connectivity index (χ0v) is 21.7.